The Hall–Kier alpha value is -3.40. The van der Waals surface area contributed by atoms with Gasteiger partial charge >= 0.3 is 23.9 Å². The minimum atomic E-state index is -0.667. The number of carboxylic acid groups (broad SMARTS) is 4. The van der Waals surface area contributed by atoms with E-state index in [-0.39, 0.29) is 63.3 Å². The largest absolute Gasteiger partial charge is 0.481 e. The molecule has 0 aliphatic heterocycles. The fourth-order valence-corrected chi connectivity index (χ4v) is 9.23. The monoisotopic (exact) mass is 820 g/mol. The Kier molecular flexibility index (Phi) is 19.3. The van der Waals surface area contributed by atoms with Crippen LogP contribution in [0.3, 0.4) is 0 Å². The number of fused-ring (bicyclic) bond motifs is 8. The summed E-state index contributed by atoms with van der Waals surface area (Å²) in [5.41, 5.74) is -1.33. The van der Waals surface area contributed by atoms with Crippen molar-refractivity contribution in [2.45, 2.75) is 78.1 Å². The summed E-state index contributed by atoms with van der Waals surface area (Å²) in [5.74, 6) is 0.946. The number of carbonyl (C=O) groups is 4. The lowest BCUT2D eigenvalue weighted by atomic mass is 9.88. The van der Waals surface area contributed by atoms with Crippen molar-refractivity contribution in [1.82, 2.24) is 0 Å². The number of allylic oxidation sites excluding steroid dienone is 8. The zero-order valence-corrected chi connectivity index (χ0v) is 34.0. The van der Waals surface area contributed by atoms with Gasteiger partial charge in [-0.25, -0.2) is 0 Å². The first-order valence-corrected chi connectivity index (χ1v) is 20.9. The van der Waals surface area contributed by atoms with Crippen molar-refractivity contribution in [3.05, 3.63) is 48.6 Å². The molecular formula is C44H68O14. The molecule has 10 N–H and O–H groups in total. The van der Waals surface area contributed by atoms with Crippen molar-refractivity contribution in [1.29, 1.82) is 0 Å². The van der Waals surface area contributed by atoms with Crippen LogP contribution in [0.15, 0.2) is 48.6 Å². The normalized spacial score (nSPS) is 33.1. The number of carboxylic acids is 4. The fourth-order valence-electron chi connectivity index (χ4n) is 9.23. The van der Waals surface area contributed by atoms with Gasteiger partial charge in [-0.15, -0.1) is 0 Å². The number of hydrogen-bond donors (Lipinski definition) is 10. The fraction of sp³-hybridized carbons (Fsp3) is 0.727. The van der Waals surface area contributed by atoms with E-state index in [4.69, 9.17) is 51.1 Å². The van der Waals surface area contributed by atoms with E-state index in [2.05, 4.69) is 48.6 Å². The predicted molar refractivity (Wildman–Crippen MR) is 214 cm³/mol. The van der Waals surface area contributed by atoms with Crippen molar-refractivity contribution >= 4 is 23.9 Å². The SMILES string of the molecule is CCC(CO)(CO)CO.CCC(CO)(CO)CO.O=C(O)C1CC2C=CC1C2.O=C(O)C1CC2C=CC1C2.O=C(O)C1CC2C=CC1C2.O=C(O)C1CC2C=CC1C2. The van der Waals surface area contributed by atoms with Crippen LogP contribution >= 0.6 is 0 Å². The van der Waals surface area contributed by atoms with Crippen LogP contribution in [0.2, 0.25) is 0 Å². The summed E-state index contributed by atoms with van der Waals surface area (Å²) in [6.07, 6.45) is 25.9. The molecule has 14 heteroatoms. The third kappa shape index (κ3) is 12.8. The van der Waals surface area contributed by atoms with Gasteiger partial charge in [0.1, 0.15) is 0 Å². The van der Waals surface area contributed by atoms with Gasteiger partial charge in [-0.1, -0.05) is 62.5 Å². The second-order valence-electron chi connectivity index (χ2n) is 17.6. The van der Waals surface area contributed by atoms with E-state index in [1.54, 1.807) is 0 Å². The average Bonchev–Trinajstić information content (AvgIpc) is 4.11. The Balaban J connectivity index is 0.000000186. The smallest absolute Gasteiger partial charge is 0.307 e. The topological polar surface area (TPSA) is 271 Å². The summed E-state index contributed by atoms with van der Waals surface area (Å²) in [5, 5.41) is 86.7. The molecule has 0 amide bonds. The molecule has 12 atom stereocenters. The first-order chi connectivity index (χ1) is 27.6. The van der Waals surface area contributed by atoms with Crippen molar-refractivity contribution in [3.8, 4) is 0 Å². The van der Waals surface area contributed by atoms with E-state index >= 15 is 0 Å². The van der Waals surface area contributed by atoms with Gasteiger partial charge < -0.3 is 51.1 Å². The average molecular weight is 821 g/mol. The van der Waals surface area contributed by atoms with E-state index < -0.39 is 34.7 Å². The molecule has 0 radical (unpaired) electrons. The molecule has 8 aliphatic rings. The lowest BCUT2D eigenvalue weighted by molar-refractivity contribution is -0.143. The molecule has 4 saturated carbocycles. The summed E-state index contributed by atoms with van der Waals surface area (Å²) < 4.78 is 0. The number of aliphatic hydroxyl groups excluding tert-OH is 6. The highest BCUT2D eigenvalue weighted by Crippen LogP contribution is 2.45. The van der Waals surface area contributed by atoms with Crippen LogP contribution in [0.4, 0.5) is 0 Å². The van der Waals surface area contributed by atoms with E-state index in [0.29, 0.717) is 60.2 Å². The molecule has 4 fully saturated rings. The highest BCUT2D eigenvalue weighted by Gasteiger charge is 2.42. The molecule has 0 aromatic heterocycles. The Morgan fingerprint density at radius 2 is 0.569 bits per heavy atom. The number of aliphatic hydroxyl groups is 6. The highest BCUT2D eigenvalue weighted by atomic mass is 16.4. The summed E-state index contributed by atoms with van der Waals surface area (Å²) in [6, 6.07) is 0. The molecule has 8 bridgehead atoms. The summed E-state index contributed by atoms with van der Waals surface area (Å²) >= 11 is 0. The van der Waals surface area contributed by atoms with Gasteiger partial charge in [-0.2, -0.15) is 0 Å². The standard InChI is InChI=1S/4C8H10O2.2C6H14O3/c4*9-8(10)7-4-5-1-2-6(7)3-5;2*1-2-6(3-7,4-8)5-9/h4*1-2,5-7H,3-4H2,(H,9,10);2*7-9H,2-5H2,1H3. The van der Waals surface area contributed by atoms with E-state index in [1.807, 2.05) is 13.8 Å². The summed E-state index contributed by atoms with van der Waals surface area (Å²) in [4.78, 5) is 42.2. The lowest BCUT2D eigenvalue weighted by Gasteiger charge is -2.24. The highest BCUT2D eigenvalue weighted by molar-refractivity contribution is 5.73. The van der Waals surface area contributed by atoms with Crippen molar-refractivity contribution in [2.24, 2.45) is 81.8 Å². The molecule has 12 unspecified atom stereocenters. The molecule has 0 aromatic carbocycles. The Morgan fingerprint density at radius 3 is 0.621 bits per heavy atom. The van der Waals surface area contributed by atoms with E-state index in [1.165, 1.54) is 0 Å². The van der Waals surface area contributed by atoms with Gasteiger partial charge in [0.05, 0.1) is 63.3 Å². The molecule has 14 nitrogen and oxygen atoms in total. The van der Waals surface area contributed by atoms with Crippen LogP contribution in [0.5, 0.6) is 0 Å². The molecule has 58 heavy (non-hydrogen) atoms. The van der Waals surface area contributed by atoms with Crippen LogP contribution in [-0.4, -0.2) is 115 Å². The Bertz CT molecular complexity index is 1230. The zero-order chi connectivity index (χ0) is 43.2. The maximum absolute atomic E-state index is 10.6. The molecule has 328 valence electrons. The van der Waals surface area contributed by atoms with Gasteiger partial charge in [0, 0.05) is 10.8 Å². The molecular weight excluding hydrogens is 752 g/mol. The third-order valence-electron chi connectivity index (χ3n) is 13.9. The van der Waals surface area contributed by atoms with Gasteiger partial charge in [-0.3, -0.25) is 19.2 Å². The maximum Gasteiger partial charge on any atom is 0.307 e. The van der Waals surface area contributed by atoms with Crippen LogP contribution in [-0.2, 0) is 19.2 Å². The molecule has 8 rings (SSSR count). The van der Waals surface area contributed by atoms with Crippen LogP contribution in [0, 0.1) is 81.8 Å². The second kappa shape index (κ2) is 22.8. The van der Waals surface area contributed by atoms with E-state index in [0.717, 1.165) is 51.4 Å². The number of hydrogen-bond acceptors (Lipinski definition) is 10. The molecule has 0 heterocycles. The second-order valence-corrected chi connectivity index (χ2v) is 17.6. The van der Waals surface area contributed by atoms with Crippen molar-refractivity contribution in [3.63, 3.8) is 0 Å². The maximum atomic E-state index is 10.6. The Morgan fingerprint density at radius 1 is 0.379 bits per heavy atom. The minimum Gasteiger partial charge on any atom is -0.481 e. The minimum absolute atomic E-state index is 0.0741. The van der Waals surface area contributed by atoms with Gasteiger partial charge in [0.2, 0.25) is 0 Å². The van der Waals surface area contributed by atoms with Gasteiger partial charge in [0.25, 0.3) is 0 Å². The van der Waals surface area contributed by atoms with Gasteiger partial charge in [0.15, 0.2) is 0 Å². The van der Waals surface area contributed by atoms with Gasteiger partial charge in [-0.05, 0) is 112 Å². The number of aliphatic carboxylic acids is 4. The lowest BCUT2D eigenvalue weighted by Crippen LogP contribution is -2.32. The molecule has 8 aliphatic carbocycles. The first-order valence-electron chi connectivity index (χ1n) is 20.9. The zero-order valence-electron chi connectivity index (χ0n) is 34.0. The third-order valence-corrected chi connectivity index (χ3v) is 13.9. The van der Waals surface area contributed by atoms with Crippen molar-refractivity contribution in [2.75, 3.05) is 39.6 Å². The van der Waals surface area contributed by atoms with Crippen LogP contribution in [0.25, 0.3) is 0 Å². The quantitative estimate of drug-likeness (QED) is 0.125. The summed E-state index contributed by atoms with van der Waals surface area (Å²) in [7, 11) is 0. The van der Waals surface area contributed by atoms with Crippen LogP contribution in [0.1, 0.15) is 78.1 Å². The summed E-state index contributed by atoms with van der Waals surface area (Å²) in [6.45, 7) is 2.71. The number of rotatable bonds is 12. The van der Waals surface area contributed by atoms with E-state index in [9.17, 15) is 19.2 Å². The predicted octanol–water partition coefficient (Wildman–Crippen LogP) is 3.85. The molecule has 0 aromatic rings. The Labute approximate surface area is 341 Å². The van der Waals surface area contributed by atoms with Crippen molar-refractivity contribution < 1.29 is 70.2 Å². The molecule has 0 saturated heterocycles. The molecule has 0 spiro atoms. The van der Waals surface area contributed by atoms with Crippen LogP contribution < -0.4 is 0 Å². The first kappa shape index (κ1) is 49.0.